The van der Waals surface area contributed by atoms with E-state index in [1.165, 1.54) is 153 Å². The minimum atomic E-state index is -0.0778. The van der Waals surface area contributed by atoms with E-state index in [0.29, 0.717) is 11.9 Å². The first-order valence-electron chi connectivity index (χ1n) is 42.2. The van der Waals surface area contributed by atoms with E-state index in [0.717, 1.165) is 77.6 Å². The van der Waals surface area contributed by atoms with Gasteiger partial charge in [0.25, 0.3) is 0 Å². The summed E-state index contributed by atoms with van der Waals surface area (Å²) in [5, 5.41) is 19.1. The van der Waals surface area contributed by atoms with Gasteiger partial charge in [-0.2, -0.15) is 0 Å². The maximum Gasteiger partial charge on any atom is 0.235 e. The molecule has 0 atom stereocenters. The summed E-state index contributed by atoms with van der Waals surface area (Å²) in [6.07, 6.45) is 0. The quantitative estimate of drug-likeness (QED) is 0.144. The van der Waals surface area contributed by atoms with Crippen LogP contribution in [0.4, 0.5) is 0 Å². The second-order valence-electron chi connectivity index (χ2n) is 33.2. The Bertz CT molecular complexity index is 8720. The molecule has 26 rings (SSSR count). The van der Waals surface area contributed by atoms with Crippen LogP contribution in [-0.4, -0.2) is 38.2 Å². The molecule has 123 heavy (non-hydrogen) atoms. The van der Waals surface area contributed by atoms with Crippen LogP contribution in [0, 0.1) is 0 Å². The van der Waals surface area contributed by atoms with E-state index in [2.05, 4.69) is 432 Å². The SMILES string of the molecule is CC1(C)c2ccccc2-c2ccc(-n3c4ccccc4c4cc(-c5ccc6c(c5)c5c7ccccc7ccc5n6-c5nc(-c6ccccc6)c6ccccc6n5)ccc43)cc21.c1ccc(-c2nc(-n3c4ccc(-c5ccc6c(c5)c5ccccc5n6-c5ccc(-c6cccc7ccccc67)cc5)cc4c4c5ccccc5ccc43)nc3ccccc23)cc1. The summed E-state index contributed by atoms with van der Waals surface area (Å²) in [6.45, 7) is 4.71. The van der Waals surface area contributed by atoms with Crippen molar-refractivity contribution in [3.8, 4) is 90.3 Å². The van der Waals surface area contributed by atoms with Gasteiger partial charge < -0.3 is 9.13 Å². The second kappa shape index (κ2) is 27.5. The fourth-order valence-corrected chi connectivity index (χ4v) is 20.3. The van der Waals surface area contributed by atoms with Crippen molar-refractivity contribution in [2.75, 3.05) is 0 Å². The maximum absolute atomic E-state index is 5.35. The lowest BCUT2D eigenvalue weighted by Gasteiger charge is -2.22. The van der Waals surface area contributed by atoms with Crippen molar-refractivity contribution in [1.82, 2.24) is 38.2 Å². The molecule has 0 bridgehead atoms. The zero-order valence-corrected chi connectivity index (χ0v) is 67.3. The highest BCUT2D eigenvalue weighted by Crippen LogP contribution is 2.51. The van der Waals surface area contributed by atoms with Gasteiger partial charge in [0, 0.05) is 81.8 Å². The Balaban J connectivity index is 0.000000135. The molecule has 1 aliphatic carbocycles. The third-order valence-corrected chi connectivity index (χ3v) is 26.1. The number of aromatic nitrogens is 8. The van der Waals surface area contributed by atoms with Crippen LogP contribution in [0.1, 0.15) is 25.0 Å². The first-order chi connectivity index (χ1) is 60.8. The van der Waals surface area contributed by atoms with Gasteiger partial charge >= 0.3 is 0 Å². The summed E-state index contributed by atoms with van der Waals surface area (Å²) >= 11 is 0. The predicted octanol–water partition coefficient (Wildman–Crippen LogP) is 29.7. The normalized spacial score (nSPS) is 12.5. The maximum atomic E-state index is 5.35. The molecule has 0 unspecified atom stereocenters. The summed E-state index contributed by atoms with van der Waals surface area (Å²) in [7, 11) is 0. The molecule has 19 aromatic carbocycles. The number of fused-ring (bicyclic) bond motifs is 22. The first kappa shape index (κ1) is 69.9. The van der Waals surface area contributed by atoms with Crippen LogP contribution in [0.2, 0.25) is 0 Å². The van der Waals surface area contributed by atoms with Gasteiger partial charge in [0.1, 0.15) is 0 Å². The van der Waals surface area contributed by atoms with Crippen molar-refractivity contribution in [1.29, 1.82) is 0 Å². The van der Waals surface area contributed by atoms with E-state index in [9.17, 15) is 0 Å². The molecule has 0 saturated heterocycles. The van der Waals surface area contributed by atoms with Gasteiger partial charge in [0.15, 0.2) is 0 Å². The Morgan fingerprint density at radius 1 is 0.195 bits per heavy atom. The number of benzene rings is 19. The van der Waals surface area contributed by atoms with Gasteiger partial charge in [-0.15, -0.1) is 0 Å². The molecule has 0 radical (unpaired) electrons. The van der Waals surface area contributed by atoms with Crippen LogP contribution in [0.25, 0.3) is 232 Å². The lowest BCUT2D eigenvalue weighted by molar-refractivity contribution is 0.660. The highest BCUT2D eigenvalue weighted by molar-refractivity contribution is 6.24. The van der Waals surface area contributed by atoms with Crippen molar-refractivity contribution in [2.24, 2.45) is 0 Å². The number of hydrogen-bond donors (Lipinski definition) is 0. The van der Waals surface area contributed by atoms with E-state index >= 15 is 0 Å². The molecule has 0 aliphatic heterocycles. The Labute approximate surface area is 708 Å². The predicted molar refractivity (Wildman–Crippen MR) is 514 cm³/mol. The standard InChI is InChI=1S/C58H36N4.C57H38N4/c1-2-15-40(16-3-1)57-48-21-8-10-23-51(48)59-58(60-57)62-54-33-29-42(36-50(54)56-46-19-7-5-14-38(46)27-34-55(56)62)41-28-32-53-49(35-41)47-20-9-11-24-52(47)61(53)43-30-25-39(26-31-43)45-22-12-17-37-13-4-6-18-44(37)45;1-57(2)47-21-11-8-18-41(47)42-28-27-39(34-48(42)57)60-50-23-13-10-19-43(50)45-32-37(25-29-51(45)60)38-26-30-52-46(33-38)54-40-17-7-6-14-35(40)24-31-53(54)61(52)56-58-49-22-12-9-20-44(49)55(59-56)36-15-4-3-5-16-36/h1-36H;3-34H,1-2H3. The van der Waals surface area contributed by atoms with Crippen molar-refractivity contribution < 1.29 is 0 Å². The zero-order chi connectivity index (χ0) is 81.1. The molecule has 6 aromatic heterocycles. The Kier molecular flexibility index (Phi) is 15.6. The lowest BCUT2D eigenvalue weighted by Crippen LogP contribution is -2.15. The molecule has 0 fully saturated rings. The monoisotopic (exact) mass is 1570 g/mol. The fraction of sp³-hybridized carbons (Fsp3) is 0.0261. The third kappa shape index (κ3) is 10.9. The molecule has 574 valence electrons. The number of nitrogens with zero attached hydrogens (tertiary/aromatic N) is 8. The Hall–Kier alpha value is -16.2. The molecule has 8 heteroatoms. The topological polar surface area (TPSA) is 71.3 Å². The van der Waals surface area contributed by atoms with Crippen LogP contribution in [0.3, 0.4) is 0 Å². The highest BCUT2D eigenvalue weighted by atomic mass is 15.2. The second-order valence-corrected chi connectivity index (χ2v) is 33.2. The van der Waals surface area contributed by atoms with Crippen LogP contribution < -0.4 is 0 Å². The highest BCUT2D eigenvalue weighted by Gasteiger charge is 2.36. The van der Waals surface area contributed by atoms with E-state index < -0.39 is 0 Å². The molecule has 25 aromatic rings. The van der Waals surface area contributed by atoms with E-state index in [4.69, 9.17) is 19.9 Å². The number of rotatable bonds is 9. The van der Waals surface area contributed by atoms with Crippen LogP contribution in [0.5, 0.6) is 0 Å². The van der Waals surface area contributed by atoms with Crippen molar-refractivity contribution in [3.63, 3.8) is 0 Å². The molecule has 0 saturated carbocycles. The molecular weight excluding hydrogens is 1490 g/mol. The fourth-order valence-electron chi connectivity index (χ4n) is 20.3. The molecule has 6 heterocycles. The Morgan fingerprint density at radius 2 is 0.553 bits per heavy atom. The summed E-state index contributed by atoms with van der Waals surface area (Å²) < 4.78 is 9.36. The van der Waals surface area contributed by atoms with E-state index in [1.807, 2.05) is 12.1 Å². The van der Waals surface area contributed by atoms with Crippen LogP contribution >= 0.6 is 0 Å². The molecule has 0 N–H and O–H groups in total. The first-order valence-corrected chi connectivity index (χ1v) is 42.2. The van der Waals surface area contributed by atoms with Crippen molar-refractivity contribution in [3.05, 3.63) is 424 Å². The van der Waals surface area contributed by atoms with Crippen molar-refractivity contribution >= 4 is 141 Å². The summed E-state index contributed by atoms with van der Waals surface area (Å²) in [5.74, 6) is 1.32. The van der Waals surface area contributed by atoms with Gasteiger partial charge in [0.05, 0.1) is 66.6 Å². The molecule has 8 nitrogen and oxygen atoms in total. The van der Waals surface area contributed by atoms with Crippen LogP contribution in [-0.2, 0) is 5.41 Å². The van der Waals surface area contributed by atoms with Gasteiger partial charge in [-0.25, -0.2) is 19.9 Å². The minimum Gasteiger partial charge on any atom is -0.309 e. The largest absolute Gasteiger partial charge is 0.309 e. The Morgan fingerprint density at radius 3 is 1.07 bits per heavy atom. The third-order valence-electron chi connectivity index (χ3n) is 26.1. The minimum absolute atomic E-state index is 0.0778. The smallest absolute Gasteiger partial charge is 0.235 e. The summed E-state index contributed by atoms with van der Waals surface area (Å²) in [4.78, 5) is 21.2. The van der Waals surface area contributed by atoms with Crippen LogP contribution in [0.15, 0.2) is 413 Å². The molecule has 0 amide bonds. The average molecular weight is 1570 g/mol. The van der Waals surface area contributed by atoms with Gasteiger partial charge in [-0.05, 0) is 197 Å². The molecule has 1 aliphatic rings. The number of hydrogen-bond acceptors (Lipinski definition) is 4. The van der Waals surface area contributed by atoms with E-state index in [1.54, 1.807) is 0 Å². The average Bonchev–Trinajstić information content (AvgIpc) is 1.58. The number of para-hydroxylation sites is 4. The van der Waals surface area contributed by atoms with Gasteiger partial charge in [-0.3, -0.25) is 9.13 Å². The van der Waals surface area contributed by atoms with Crippen molar-refractivity contribution in [2.45, 2.75) is 19.3 Å². The summed E-state index contributed by atoms with van der Waals surface area (Å²) in [6, 6.07) is 149. The van der Waals surface area contributed by atoms with Gasteiger partial charge in [-0.1, -0.05) is 317 Å². The van der Waals surface area contributed by atoms with Gasteiger partial charge in [0.2, 0.25) is 11.9 Å². The van der Waals surface area contributed by atoms with E-state index in [-0.39, 0.29) is 5.41 Å². The summed E-state index contributed by atoms with van der Waals surface area (Å²) in [5.41, 5.74) is 29.7. The zero-order valence-electron chi connectivity index (χ0n) is 67.3. The molecular formula is C115H74N8. The lowest BCUT2D eigenvalue weighted by atomic mass is 9.82. The molecule has 0 spiro atoms.